The minimum Gasteiger partial charge on any atom is -0.491 e. The Morgan fingerprint density at radius 2 is 1.93 bits per heavy atom. The number of benzene rings is 1. The summed E-state index contributed by atoms with van der Waals surface area (Å²) in [5.74, 6) is -2.91. The molecule has 1 amide bonds. The van der Waals surface area contributed by atoms with Gasteiger partial charge in [0.15, 0.2) is 0 Å². The molecule has 0 radical (unpaired) electrons. The van der Waals surface area contributed by atoms with Gasteiger partial charge in [0.1, 0.15) is 11.4 Å². The number of hydrogen-bond donors (Lipinski definition) is 2. The first kappa shape index (κ1) is 20.3. The summed E-state index contributed by atoms with van der Waals surface area (Å²) in [4.78, 5) is 12.9. The number of sulfonamides is 1. The third-order valence-electron chi connectivity index (χ3n) is 5.73. The van der Waals surface area contributed by atoms with Crippen molar-refractivity contribution in [3.8, 4) is 5.88 Å². The second-order valence-corrected chi connectivity index (χ2v) is 9.36. The number of nitrogens with one attached hydrogen (secondary N) is 1. The van der Waals surface area contributed by atoms with Crippen molar-refractivity contribution in [1.82, 2.24) is 14.5 Å². The molecule has 10 heteroatoms. The predicted molar refractivity (Wildman–Crippen MR) is 105 cm³/mol. The topological polar surface area (TPSA) is 101 Å². The fraction of sp³-hybridized carbons (Fsp3) is 0.300. The first-order valence-corrected chi connectivity index (χ1v) is 11.1. The molecule has 1 unspecified atom stereocenters. The molecule has 158 valence electrons. The van der Waals surface area contributed by atoms with Gasteiger partial charge in [-0.05, 0) is 30.9 Å². The van der Waals surface area contributed by atoms with E-state index >= 15 is 0 Å². The summed E-state index contributed by atoms with van der Waals surface area (Å²) in [6.07, 6.45) is 7.19. The van der Waals surface area contributed by atoms with Crippen LogP contribution in [0.25, 0.3) is 5.57 Å². The third kappa shape index (κ3) is 3.11. The van der Waals surface area contributed by atoms with Gasteiger partial charge in [0.2, 0.25) is 27.6 Å². The minimum atomic E-state index is -3.83. The summed E-state index contributed by atoms with van der Waals surface area (Å²) in [5, 5.41) is 14.2. The number of carbonyl (C=O) groups is 1. The first-order chi connectivity index (χ1) is 14.1. The Labute approximate surface area is 171 Å². The predicted octanol–water partition coefficient (Wildman–Crippen LogP) is 2.46. The van der Waals surface area contributed by atoms with Gasteiger partial charge in [-0.25, -0.2) is 17.5 Å². The number of hydrogen-bond acceptors (Lipinski definition) is 5. The molecule has 7 nitrogen and oxygen atoms in total. The van der Waals surface area contributed by atoms with Gasteiger partial charge < -0.3 is 5.11 Å². The van der Waals surface area contributed by atoms with E-state index in [0.29, 0.717) is 24.0 Å². The minimum absolute atomic E-state index is 0.0685. The van der Waals surface area contributed by atoms with Crippen molar-refractivity contribution >= 4 is 21.5 Å². The molecule has 1 aromatic heterocycles. The van der Waals surface area contributed by atoms with Gasteiger partial charge in [-0.15, -0.1) is 0 Å². The molecule has 0 bridgehead atoms. The van der Waals surface area contributed by atoms with E-state index in [1.807, 2.05) is 4.72 Å². The fourth-order valence-electron chi connectivity index (χ4n) is 4.10. The van der Waals surface area contributed by atoms with Crippen LogP contribution in [0, 0.1) is 17.0 Å². The zero-order valence-corrected chi connectivity index (χ0v) is 16.8. The summed E-state index contributed by atoms with van der Waals surface area (Å²) < 4.78 is 54.4. The lowest BCUT2D eigenvalue weighted by Crippen LogP contribution is -2.51. The highest BCUT2D eigenvalue weighted by Crippen LogP contribution is 2.61. The van der Waals surface area contributed by atoms with Crippen molar-refractivity contribution in [2.24, 2.45) is 5.41 Å². The number of allylic oxidation sites excluding steroid dienone is 4. The Kier molecular flexibility index (Phi) is 4.57. The number of amides is 1. The molecule has 0 saturated heterocycles. The van der Waals surface area contributed by atoms with Crippen LogP contribution in [0.3, 0.4) is 0 Å². The summed E-state index contributed by atoms with van der Waals surface area (Å²) in [7, 11) is -3.83. The van der Waals surface area contributed by atoms with Crippen LogP contribution in [-0.2, 0) is 20.4 Å². The Bertz CT molecular complexity index is 1200. The average Bonchev–Trinajstić information content (AvgIpc) is 3.44. The summed E-state index contributed by atoms with van der Waals surface area (Å²) in [6.45, 7) is 0. The van der Waals surface area contributed by atoms with Crippen molar-refractivity contribution < 1.29 is 27.1 Å². The number of rotatable bonds is 5. The van der Waals surface area contributed by atoms with E-state index in [9.17, 15) is 27.1 Å². The van der Waals surface area contributed by atoms with Gasteiger partial charge in [0, 0.05) is 5.56 Å². The summed E-state index contributed by atoms with van der Waals surface area (Å²) in [5.41, 5.74) is -1.72. The number of aromatic hydroxyl groups is 1. The maximum absolute atomic E-state index is 14.2. The standard InChI is InChI=1S/C20H19F2N3O4S/c1-30(28,29)24-18(27)19(10-11-19)20(25-17(26)16(22)12-23-25)8-6-13(7-9-20)14-4-2-3-5-15(14)21/h2-8,12,26H,9-11H2,1H3,(H,24,27). The molecule has 30 heavy (non-hydrogen) atoms. The highest BCUT2D eigenvalue weighted by molar-refractivity contribution is 7.89. The maximum atomic E-state index is 14.2. The van der Waals surface area contributed by atoms with E-state index in [1.54, 1.807) is 36.4 Å². The maximum Gasteiger partial charge on any atom is 0.247 e. The SMILES string of the molecule is CS(=O)(=O)NC(=O)C1(C2(n3ncc(F)c3O)C=CC(c3ccccc3F)=CC2)CC1. The molecule has 1 fully saturated rings. The zero-order chi connectivity index (χ0) is 21.7. The van der Waals surface area contributed by atoms with Gasteiger partial charge in [0.05, 0.1) is 17.9 Å². The lowest BCUT2D eigenvalue weighted by molar-refractivity contribution is -0.128. The molecular formula is C20H19F2N3O4S. The molecule has 1 saturated carbocycles. The van der Waals surface area contributed by atoms with E-state index < -0.39 is 44.4 Å². The highest BCUT2D eigenvalue weighted by Gasteiger charge is 2.66. The summed E-state index contributed by atoms with van der Waals surface area (Å²) in [6, 6.07) is 6.18. The first-order valence-electron chi connectivity index (χ1n) is 9.19. The third-order valence-corrected chi connectivity index (χ3v) is 6.28. The van der Waals surface area contributed by atoms with Crippen molar-refractivity contribution in [2.75, 3.05) is 6.26 Å². The van der Waals surface area contributed by atoms with Gasteiger partial charge >= 0.3 is 0 Å². The molecule has 1 aromatic carbocycles. The van der Waals surface area contributed by atoms with Crippen molar-refractivity contribution in [2.45, 2.75) is 24.8 Å². The van der Waals surface area contributed by atoms with E-state index in [1.165, 1.54) is 6.07 Å². The van der Waals surface area contributed by atoms with Crippen LogP contribution in [-0.4, -0.2) is 35.5 Å². The smallest absolute Gasteiger partial charge is 0.247 e. The van der Waals surface area contributed by atoms with Gasteiger partial charge in [-0.2, -0.15) is 9.49 Å². The van der Waals surface area contributed by atoms with Crippen LogP contribution in [0.15, 0.2) is 48.7 Å². The van der Waals surface area contributed by atoms with Crippen molar-refractivity contribution in [3.63, 3.8) is 0 Å². The lowest BCUT2D eigenvalue weighted by atomic mass is 9.73. The number of nitrogens with zero attached hydrogens (tertiary/aromatic N) is 2. The number of aromatic nitrogens is 2. The molecule has 0 aliphatic heterocycles. The molecule has 0 spiro atoms. The molecule has 2 N–H and O–H groups in total. The van der Waals surface area contributed by atoms with Crippen LogP contribution >= 0.6 is 0 Å². The zero-order valence-electron chi connectivity index (χ0n) is 16.0. The van der Waals surface area contributed by atoms with Crippen LogP contribution in [0.4, 0.5) is 8.78 Å². The van der Waals surface area contributed by atoms with Crippen LogP contribution in [0.5, 0.6) is 5.88 Å². The van der Waals surface area contributed by atoms with Crippen LogP contribution < -0.4 is 4.72 Å². The van der Waals surface area contributed by atoms with E-state index in [-0.39, 0.29) is 6.42 Å². The van der Waals surface area contributed by atoms with Crippen molar-refractivity contribution in [1.29, 1.82) is 0 Å². The quantitative estimate of drug-likeness (QED) is 0.751. The lowest BCUT2D eigenvalue weighted by Gasteiger charge is -2.39. The fourth-order valence-corrected chi connectivity index (χ4v) is 4.63. The highest BCUT2D eigenvalue weighted by atomic mass is 32.2. The monoisotopic (exact) mass is 435 g/mol. The van der Waals surface area contributed by atoms with Gasteiger partial charge in [0.25, 0.3) is 0 Å². The normalized spacial score (nSPS) is 22.4. The molecule has 1 atom stereocenters. The summed E-state index contributed by atoms with van der Waals surface area (Å²) >= 11 is 0. The van der Waals surface area contributed by atoms with Gasteiger partial charge in [-0.3, -0.25) is 9.52 Å². The molecule has 2 aliphatic carbocycles. The Hall–Kier alpha value is -3.01. The van der Waals surface area contributed by atoms with Crippen molar-refractivity contribution in [3.05, 3.63) is 65.9 Å². The van der Waals surface area contributed by atoms with E-state index in [2.05, 4.69) is 5.10 Å². The Morgan fingerprint density at radius 1 is 1.23 bits per heavy atom. The second kappa shape index (κ2) is 6.76. The Balaban J connectivity index is 1.81. The molecule has 2 aliphatic rings. The molecular weight excluding hydrogens is 416 g/mol. The Morgan fingerprint density at radius 3 is 2.43 bits per heavy atom. The van der Waals surface area contributed by atoms with E-state index in [4.69, 9.17) is 0 Å². The molecule has 4 rings (SSSR count). The average molecular weight is 435 g/mol. The number of carbonyl (C=O) groups excluding carboxylic acids is 1. The van der Waals surface area contributed by atoms with Crippen LogP contribution in [0.1, 0.15) is 24.8 Å². The molecule has 1 heterocycles. The van der Waals surface area contributed by atoms with E-state index in [0.717, 1.165) is 17.1 Å². The largest absolute Gasteiger partial charge is 0.491 e. The van der Waals surface area contributed by atoms with Crippen LogP contribution in [0.2, 0.25) is 0 Å². The molecule has 2 aromatic rings. The second-order valence-electron chi connectivity index (χ2n) is 7.61. The number of halogens is 2. The van der Waals surface area contributed by atoms with Gasteiger partial charge in [-0.1, -0.05) is 36.4 Å².